The molecule has 1 unspecified atom stereocenters. The Morgan fingerprint density at radius 1 is 1.21 bits per heavy atom. The molecule has 1 aromatic rings. The largest absolute Gasteiger partial charge is 0.311 e. The first-order valence-electron chi connectivity index (χ1n) is 7.34. The number of nitrogens with one attached hydrogen (secondary N) is 1. The highest BCUT2D eigenvalue weighted by atomic mass is 35.5. The van der Waals surface area contributed by atoms with Crippen LogP contribution in [0.15, 0.2) is 18.2 Å². The minimum atomic E-state index is 0.225. The Balaban J connectivity index is 2.19. The van der Waals surface area contributed by atoms with Gasteiger partial charge in [0.2, 0.25) is 0 Å². The minimum Gasteiger partial charge on any atom is -0.311 e. The Morgan fingerprint density at radius 3 is 2.79 bits per heavy atom. The molecule has 1 aliphatic rings. The molecule has 19 heavy (non-hydrogen) atoms. The Morgan fingerprint density at radius 2 is 2.05 bits per heavy atom. The Labute approximate surface area is 126 Å². The zero-order valence-corrected chi connectivity index (χ0v) is 13.2. The summed E-state index contributed by atoms with van der Waals surface area (Å²) in [5.41, 5.74) is 1.44. The minimum absolute atomic E-state index is 0.225. The van der Waals surface area contributed by atoms with Gasteiger partial charge in [0.1, 0.15) is 0 Å². The van der Waals surface area contributed by atoms with E-state index in [0.717, 1.165) is 18.0 Å². The number of hydrogen-bond donors (Lipinski definition) is 1. The Bertz CT molecular complexity index is 409. The summed E-state index contributed by atoms with van der Waals surface area (Å²) in [6.07, 6.45) is 8.63. The normalized spacial score (nSPS) is 24.2. The molecule has 0 aliphatic carbocycles. The van der Waals surface area contributed by atoms with E-state index in [0.29, 0.717) is 5.02 Å². The van der Waals surface area contributed by atoms with Crippen LogP contribution in [0, 0.1) is 0 Å². The van der Waals surface area contributed by atoms with Gasteiger partial charge < -0.3 is 5.32 Å². The summed E-state index contributed by atoms with van der Waals surface area (Å²) in [6, 6.07) is 5.88. The van der Waals surface area contributed by atoms with Crippen molar-refractivity contribution in [1.29, 1.82) is 0 Å². The van der Waals surface area contributed by atoms with Crippen molar-refractivity contribution < 1.29 is 0 Å². The van der Waals surface area contributed by atoms with Crippen LogP contribution in [-0.2, 0) is 6.42 Å². The molecule has 106 valence electrons. The van der Waals surface area contributed by atoms with Gasteiger partial charge in [-0.3, -0.25) is 0 Å². The average molecular weight is 300 g/mol. The van der Waals surface area contributed by atoms with Crippen molar-refractivity contribution in [3.8, 4) is 0 Å². The lowest BCUT2D eigenvalue weighted by molar-refractivity contribution is 0.288. The van der Waals surface area contributed by atoms with Crippen molar-refractivity contribution in [1.82, 2.24) is 5.32 Å². The van der Waals surface area contributed by atoms with E-state index in [4.69, 9.17) is 23.2 Å². The standard InChI is InChI=1S/C16H23Cl2N/c1-2-8-16(9-4-3-5-10-19-16)12-13-6-7-14(17)11-15(13)18/h6-7,11,19H,2-5,8-10,12H2,1H3. The fourth-order valence-electron chi connectivity index (χ4n) is 3.17. The van der Waals surface area contributed by atoms with Crippen LogP contribution in [0.2, 0.25) is 10.0 Å². The molecular formula is C16H23Cl2N. The van der Waals surface area contributed by atoms with Gasteiger partial charge in [0.25, 0.3) is 0 Å². The number of benzene rings is 1. The lowest BCUT2D eigenvalue weighted by atomic mass is 9.83. The molecule has 1 N–H and O–H groups in total. The molecule has 0 saturated carbocycles. The molecule has 1 aliphatic heterocycles. The molecule has 1 atom stereocenters. The Hall–Kier alpha value is -0.240. The first-order chi connectivity index (χ1) is 9.15. The van der Waals surface area contributed by atoms with Crippen LogP contribution in [0.5, 0.6) is 0 Å². The molecule has 1 aromatic carbocycles. The molecule has 1 fully saturated rings. The summed E-state index contributed by atoms with van der Waals surface area (Å²) < 4.78 is 0. The zero-order chi connectivity index (χ0) is 13.7. The van der Waals surface area contributed by atoms with Gasteiger partial charge in [-0.25, -0.2) is 0 Å². The first-order valence-corrected chi connectivity index (χ1v) is 8.10. The molecule has 0 spiro atoms. The molecular weight excluding hydrogens is 277 g/mol. The molecule has 1 saturated heterocycles. The maximum absolute atomic E-state index is 6.34. The molecule has 0 aromatic heterocycles. The van der Waals surface area contributed by atoms with Crippen LogP contribution in [-0.4, -0.2) is 12.1 Å². The predicted molar refractivity (Wildman–Crippen MR) is 84.3 cm³/mol. The summed E-state index contributed by atoms with van der Waals surface area (Å²) in [4.78, 5) is 0. The quantitative estimate of drug-likeness (QED) is 0.802. The van der Waals surface area contributed by atoms with E-state index in [1.165, 1.54) is 44.1 Å². The van der Waals surface area contributed by atoms with Crippen molar-refractivity contribution in [2.75, 3.05) is 6.54 Å². The Kier molecular flexibility index (Phi) is 5.56. The second-order valence-corrected chi connectivity index (χ2v) is 6.52. The fourth-order valence-corrected chi connectivity index (χ4v) is 3.64. The molecule has 0 bridgehead atoms. The van der Waals surface area contributed by atoms with Gasteiger partial charge in [-0.15, -0.1) is 0 Å². The van der Waals surface area contributed by atoms with E-state index in [2.05, 4.69) is 18.3 Å². The van der Waals surface area contributed by atoms with Gasteiger partial charge in [0.05, 0.1) is 0 Å². The highest BCUT2D eigenvalue weighted by Gasteiger charge is 2.30. The van der Waals surface area contributed by atoms with Crippen molar-refractivity contribution in [3.05, 3.63) is 33.8 Å². The summed E-state index contributed by atoms with van der Waals surface area (Å²) in [7, 11) is 0. The SMILES string of the molecule is CCCC1(Cc2ccc(Cl)cc2Cl)CCCCCN1. The lowest BCUT2D eigenvalue weighted by Crippen LogP contribution is -2.46. The third-order valence-corrected chi connectivity index (χ3v) is 4.69. The molecule has 3 heteroatoms. The smallest absolute Gasteiger partial charge is 0.0453 e. The van der Waals surface area contributed by atoms with E-state index in [1.807, 2.05) is 12.1 Å². The monoisotopic (exact) mass is 299 g/mol. The number of rotatable bonds is 4. The van der Waals surface area contributed by atoms with Gasteiger partial charge in [0, 0.05) is 15.6 Å². The van der Waals surface area contributed by atoms with Gasteiger partial charge in [-0.2, -0.15) is 0 Å². The van der Waals surface area contributed by atoms with Gasteiger partial charge >= 0.3 is 0 Å². The van der Waals surface area contributed by atoms with E-state index in [9.17, 15) is 0 Å². The second kappa shape index (κ2) is 6.97. The van der Waals surface area contributed by atoms with Crippen LogP contribution in [0.25, 0.3) is 0 Å². The first kappa shape index (κ1) is 15.2. The summed E-state index contributed by atoms with van der Waals surface area (Å²) in [5.74, 6) is 0. The van der Waals surface area contributed by atoms with Crippen LogP contribution < -0.4 is 5.32 Å². The van der Waals surface area contributed by atoms with E-state index in [1.54, 1.807) is 0 Å². The zero-order valence-electron chi connectivity index (χ0n) is 11.6. The van der Waals surface area contributed by atoms with E-state index in [-0.39, 0.29) is 5.54 Å². The highest BCUT2D eigenvalue weighted by molar-refractivity contribution is 6.35. The molecule has 2 rings (SSSR count). The topological polar surface area (TPSA) is 12.0 Å². The predicted octanol–water partition coefficient (Wildman–Crippen LogP) is 5.24. The summed E-state index contributed by atoms with van der Waals surface area (Å²) >= 11 is 12.3. The molecule has 1 nitrogen and oxygen atoms in total. The maximum Gasteiger partial charge on any atom is 0.0453 e. The maximum atomic E-state index is 6.34. The van der Waals surface area contributed by atoms with Gasteiger partial charge in [-0.1, -0.05) is 55.5 Å². The fraction of sp³-hybridized carbons (Fsp3) is 0.625. The molecule has 1 heterocycles. The lowest BCUT2D eigenvalue weighted by Gasteiger charge is -2.34. The van der Waals surface area contributed by atoms with Crippen LogP contribution in [0.4, 0.5) is 0 Å². The van der Waals surface area contributed by atoms with Gasteiger partial charge in [-0.05, 0) is 49.9 Å². The third-order valence-electron chi connectivity index (χ3n) is 4.10. The van der Waals surface area contributed by atoms with Crippen LogP contribution in [0.1, 0.15) is 51.0 Å². The second-order valence-electron chi connectivity index (χ2n) is 5.68. The van der Waals surface area contributed by atoms with Crippen LogP contribution >= 0.6 is 23.2 Å². The van der Waals surface area contributed by atoms with Crippen molar-refractivity contribution in [3.63, 3.8) is 0 Å². The van der Waals surface area contributed by atoms with Crippen molar-refractivity contribution in [2.45, 2.75) is 57.4 Å². The summed E-state index contributed by atoms with van der Waals surface area (Å²) in [6.45, 7) is 3.39. The molecule has 0 radical (unpaired) electrons. The molecule has 0 amide bonds. The van der Waals surface area contributed by atoms with Gasteiger partial charge in [0.15, 0.2) is 0 Å². The number of halogens is 2. The average Bonchev–Trinajstić information content (AvgIpc) is 2.59. The van der Waals surface area contributed by atoms with E-state index >= 15 is 0 Å². The highest BCUT2D eigenvalue weighted by Crippen LogP contribution is 2.31. The van der Waals surface area contributed by atoms with E-state index < -0.39 is 0 Å². The van der Waals surface area contributed by atoms with Crippen molar-refractivity contribution >= 4 is 23.2 Å². The van der Waals surface area contributed by atoms with Crippen molar-refractivity contribution in [2.24, 2.45) is 0 Å². The number of hydrogen-bond acceptors (Lipinski definition) is 1. The third kappa shape index (κ3) is 4.11. The summed E-state index contributed by atoms with van der Waals surface area (Å²) in [5, 5.41) is 5.31. The van der Waals surface area contributed by atoms with Crippen LogP contribution in [0.3, 0.4) is 0 Å².